The van der Waals surface area contributed by atoms with Crippen molar-refractivity contribution < 1.29 is 42.6 Å². The molecular weight excluding hydrogens is 625 g/mol. The summed E-state index contributed by atoms with van der Waals surface area (Å²) < 4.78 is 32.1. The number of ether oxygens (including phenoxy) is 3. The van der Waals surface area contributed by atoms with E-state index in [9.17, 15) is 28.4 Å². The molecule has 0 radical (unpaired) electrons. The van der Waals surface area contributed by atoms with Gasteiger partial charge in [-0.15, -0.1) is 0 Å². The van der Waals surface area contributed by atoms with Gasteiger partial charge in [-0.05, 0) is 66.1 Å². The zero-order valence-corrected chi connectivity index (χ0v) is 26.1. The third-order valence-electron chi connectivity index (χ3n) is 8.34. The number of anilines is 1. The minimum absolute atomic E-state index is 0.0804. The van der Waals surface area contributed by atoms with Crippen molar-refractivity contribution in [3.63, 3.8) is 0 Å². The van der Waals surface area contributed by atoms with Crippen molar-refractivity contribution in [2.75, 3.05) is 38.3 Å². The van der Waals surface area contributed by atoms with Gasteiger partial charge in [-0.1, -0.05) is 6.07 Å². The van der Waals surface area contributed by atoms with Crippen LogP contribution in [0.1, 0.15) is 34.3 Å². The lowest BCUT2D eigenvalue weighted by Gasteiger charge is -2.39. The highest BCUT2D eigenvalue weighted by atomic mass is 19.1. The van der Waals surface area contributed by atoms with Gasteiger partial charge < -0.3 is 29.7 Å². The van der Waals surface area contributed by atoms with E-state index < -0.39 is 35.8 Å². The molecule has 0 saturated carbocycles. The molecule has 0 unspecified atom stereocenters. The summed E-state index contributed by atoms with van der Waals surface area (Å²) in [7, 11) is 1.48. The van der Waals surface area contributed by atoms with Gasteiger partial charge in [-0.3, -0.25) is 29.4 Å². The number of benzene rings is 3. The number of halogens is 1. The van der Waals surface area contributed by atoms with E-state index in [2.05, 4.69) is 16.0 Å². The number of hydrogen-bond acceptors (Lipinski definition) is 8. The molecule has 14 heteroatoms. The highest BCUT2D eigenvalue weighted by Crippen LogP contribution is 2.29. The number of fused-ring (bicyclic) bond motifs is 5. The second kappa shape index (κ2) is 14.0. The van der Waals surface area contributed by atoms with E-state index in [0.29, 0.717) is 41.2 Å². The van der Waals surface area contributed by atoms with E-state index in [0.717, 1.165) is 5.56 Å². The Labute approximate surface area is 275 Å². The fraction of sp³-hybridized carbons (Fsp3) is 0.324. The molecule has 2 fully saturated rings. The number of amides is 6. The standard InChI is InChI=1S/C34H34FN5O8/c1-46-28-8-2-20-3-9-30(41)36-16-21-12-23(35)15-25(13-21)48-27-10-11-39(17-26(27)37-32(43)19-47-29(28)14-20)33(44)22-4-6-24(7-5-22)40-18-31(42)38-34(40)45/h2,4-8,12-15,26-27H,3,9-11,16-19H2,1H3,(H,36,41)(H,37,43)(H,38,42,45)/t26-,27-/m1/s1. The van der Waals surface area contributed by atoms with Crippen molar-refractivity contribution in [1.82, 2.24) is 20.9 Å². The summed E-state index contributed by atoms with van der Waals surface area (Å²) in [6, 6.07) is 14.5. The molecule has 0 spiro atoms. The molecule has 3 N–H and O–H groups in total. The number of likely N-dealkylation sites (tertiary alicyclic amines) is 1. The number of rotatable bonds is 3. The number of nitrogens with zero attached hydrogens (tertiary/aromatic N) is 2. The molecule has 250 valence electrons. The van der Waals surface area contributed by atoms with Crippen molar-refractivity contribution in [1.29, 1.82) is 0 Å². The molecule has 6 rings (SSSR count). The first-order valence-corrected chi connectivity index (χ1v) is 15.5. The molecule has 3 aromatic carbocycles. The monoisotopic (exact) mass is 659 g/mol. The molecule has 3 aliphatic rings. The molecule has 0 aromatic heterocycles. The van der Waals surface area contributed by atoms with Crippen LogP contribution in [0.4, 0.5) is 14.9 Å². The van der Waals surface area contributed by atoms with Crippen LogP contribution in [0.15, 0.2) is 60.7 Å². The van der Waals surface area contributed by atoms with Gasteiger partial charge in [0.25, 0.3) is 11.8 Å². The lowest BCUT2D eigenvalue weighted by atomic mass is 10.00. The second-order valence-corrected chi connectivity index (χ2v) is 11.7. The molecule has 6 amide bonds. The molecule has 3 aromatic rings. The number of carbonyl (C=O) groups is 5. The van der Waals surface area contributed by atoms with E-state index in [1.54, 1.807) is 47.4 Å². The third-order valence-corrected chi connectivity index (χ3v) is 8.34. The predicted molar refractivity (Wildman–Crippen MR) is 169 cm³/mol. The highest BCUT2D eigenvalue weighted by Gasteiger charge is 2.35. The Morgan fingerprint density at radius 3 is 2.50 bits per heavy atom. The molecule has 4 bridgehead atoms. The van der Waals surface area contributed by atoms with Crippen molar-refractivity contribution in [3.8, 4) is 17.2 Å². The van der Waals surface area contributed by atoms with E-state index in [1.165, 1.54) is 24.1 Å². The molecule has 48 heavy (non-hydrogen) atoms. The summed E-state index contributed by atoms with van der Waals surface area (Å²) in [5, 5.41) is 7.96. The Morgan fingerprint density at radius 2 is 1.75 bits per heavy atom. The van der Waals surface area contributed by atoms with Crippen LogP contribution in [-0.2, 0) is 27.3 Å². The SMILES string of the molecule is COc1ccc2cc1OCC(=O)N[C@@H]1CN(C(=O)c3ccc(N4CC(=O)NC4=O)cc3)CC[C@H]1Oc1cc(F)cc(c1)CNC(=O)CC2. The quantitative estimate of drug-likeness (QED) is 0.362. The summed E-state index contributed by atoms with van der Waals surface area (Å²) in [5.41, 5.74) is 2.12. The predicted octanol–water partition coefficient (Wildman–Crippen LogP) is 2.31. The zero-order chi connectivity index (χ0) is 33.8. The lowest BCUT2D eigenvalue weighted by molar-refractivity contribution is -0.125. The van der Waals surface area contributed by atoms with E-state index in [-0.39, 0.29) is 56.8 Å². The second-order valence-electron chi connectivity index (χ2n) is 11.7. The van der Waals surface area contributed by atoms with Crippen LogP contribution in [0.2, 0.25) is 0 Å². The maximum Gasteiger partial charge on any atom is 0.329 e. The summed E-state index contributed by atoms with van der Waals surface area (Å²) >= 11 is 0. The van der Waals surface area contributed by atoms with Gasteiger partial charge in [0.05, 0.1) is 13.2 Å². The van der Waals surface area contributed by atoms with Gasteiger partial charge in [0, 0.05) is 49.8 Å². The molecule has 2 saturated heterocycles. The van der Waals surface area contributed by atoms with Crippen LogP contribution < -0.4 is 35.1 Å². The fourth-order valence-electron chi connectivity index (χ4n) is 5.91. The Kier molecular flexibility index (Phi) is 9.41. The minimum Gasteiger partial charge on any atom is -0.493 e. The van der Waals surface area contributed by atoms with Crippen molar-refractivity contribution in [3.05, 3.63) is 83.2 Å². The highest BCUT2D eigenvalue weighted by molar-refractivity contribution is 6.12. The van der Waals surface area contributed by atoms with Crippen molar-refractivity contribution in [2.45, 2.75) is 38.0 Å². The number of imide groups is 1. The zero-order valence-electron chi connectivity index (χ0n) is 26.1. The number of piperidine rings is 1. The average molecular weight is 660 g/mol. The Balaban J connectivity index is 1.23. The first kappa shape index (κ1) is 32.3. The van der Waals surface area contributed by atoms with Gasteiger partial charge in [-0.2, -0.15) is 0 Å². The van der Waals surface area contributed by atoms with Crippen molar-refractivity contribution in [2.24, 2.45) is 0 Å². The van der Waals surface area contributed by atoms with E-state index in [4.69, 9.17) is 14.2 Å². The van der Waals surface area contributed by atoms with Crippen LogP contribution >= 0.6 is 0 Å². The minimum atomic E-state index is -0.698. The van der Waals surface area contributed by atoms with Crippen LogP contribution in [0, 0.1) is 5.82 Å². The number of methoxy groups -OCH3 is 1. The number of aryl methyl sites for hydroxylation is 1. The first-order valence-electron chi connectivity index (χ1n) is 15.5. The molecular formula is C34H34FN5O8. The maximum absolute atomic E-state index is 14.6. The molecule has 3 heterocycles. The largest absolute Gasteiger partial charge is 0.493 e. The number of nitrogens with one attached hydrogen (secondary N) is 3. The summed E-state index contributed by atoms with van der Waals surface area (Å²) in [4.78, 5) is 65.9. The molecule has 2 atom stereocenters. The molecule has 3 aliphatic heterocycles. The summed E-state index contributed by atoms with van der Waals surface area (Å²) in [6.07, 6.45) is 0.265. The summed E-state index contributed by atoms with van der Waals surface area (Å²) in [5.74, 6) is -0.973. The number of hydrogen-bond donors (Lipinski definition) is 3. The molecule has 0 aliphatic carbocycles. The lowest BCUT2D eigenvalue weighted by Crippen LogP contribution is -2.58. The van der Waals surface area contributed by atoms with Gasteiger partial charge in [0.2, 0.25) is 11.8 Å². The van der Waals surface area contributed by atoms with Gasteiger partial charge in [0.1, 0.15) is 24.2 Å². The average Bonchev–Trinajstić information content (AvgIpc) is 3.42. The van der Waals surface area contributed by atoms with Gasteiger partial charge in [-0.25, -0.2) is 9.18 Å². The fourth-order valence-corrected chi connectivity index (χ4v) is 5.91. The maximum atomic E-state index is 14.6. The Morgan fingerprint density at radius 1 is 0.938 bits per heavy atom. The smallest absolute Gasteiger partial charge is 0.329 e. The number of carbonyl (C=O) groups excluding carboxylic acids is 5. The Bertz CT molecular complexity index is 1750. The van der Waals surface area contributed by atoms with E-state index in [1.807, 2.05) is 6.07 Å². The van der Waals surface area contributed by atoms with Gasteiger partial charge in [0.15, 0.2) is 18.1 Å². The van der Waals surface area contributed by atoms with Gasteiger partial charge >= 0.3 is 6.03 Å². The number of urea groups is 1. The van der Waals surface area contributed by atoms with Crippen LogP contribution in [0.3, 0.4) is 0 Å². The normalized spacial score (nSPS) is 20.2. The van der Waals surface area contributed by atoms with Crippen molar-refractivity contribution >= 4 is 35.3 Å². The summed E-state index contributed by atoms with van der Waals surface area (Å²) in [6.45, 7) is -0.0228. The topological polar surface area (TPSA) is 156 Å². The van der Waals surface area contributed by atoms with Crippen LogP contribution in [-0.4, -0.2) is 80.1 Å². The molecule has 13 nitrogen and oxygen atoms in total. The van der Waals surface area contributed by atoms with E-state index >= 15 is 0 Å². The van der Waals surface area contributed by atoms with Crippen LogP contribution in [0.5, 0.6) is 17.2 Å². The van der Waals surface area contributed by atoms with Crippen LogP contribution in [0.25, 0.3) is 0 Å². The first-order chi connectivity index (χ1) is 23.1. The third kappa shape index (κ3) is 7.48. The Hall–Kier alpha value is -5.66.